The van der Waals surface area contributed by atoms with Crippen molar-refractivity contribution in [1.29, 1.82) is 0 Å². The fourth-order valence-corrected chi connectivity index (χ4v) is 3.15. The monoisotopic (exact) mass is 382 g/mol. The summed E-state index contributed by atoms with van der Waals surface area (Å²) in [6.07, 6.45) is 6.46. The summed E-state index contributed by atoms with van der Waals surface area (Å²) in [6.45, 7) is 9.17. The summed E-state index contributed by atoms with van der Waals surface area (Å²) in [7, 11) is 1.39. The Kier molecular flexibility index (Phi) is 9.32. The Morgan fingerprint density at radius 3 is 2.48 bits per heavy atom. The highest BCUT2D eigenvalue weighted by Crippen LogP contribution is 2.31. The molecule has 7 heteroatoms. The standard InChI is InChI=1S/C20H34N2O5/c1-6-20(4,13-15(2)3)18(24)27-12-10-8-7-9-11-22-14-16(26-5)17(23)21-19(22)25/h14-15H,6-13H2,1-5H3,(H,21,23,25). The number of ether oxygens (including phenoxy) is 2. The lowest BCUT2D eigenvalue weighted by Gasteiger charge is -2.27. The first-order chi connectivity index (χ1) is 12.7. The zero-order valence-electron chi connectivity index (χ0n) is 17.3. The van der Waals surface area contributed by atoms with Gasteiger partial charge in [0.25, 0.3) is 5.56 Å². The molecule has 0 bridgehead atoms. The predicted molar refractivity (Wildman–Crippen MR) is 105 cm³/mol. The van der Waals surface area contributed by atoms with Crippen LogP contribution in [0.1, 0.15) is 66.2 Å². The quantitative estimate of drug-likeness (QED) is 0.443. The minimum Gasteiger partial charge on any atom is -0.490 e. The molecule has 1 rings (SSSR count). The summed E-state index contributed by atoms with van der Waals surface area (Å²) in [4.78, 5) is 37.7. The van der Waals surface area contributed by atoms with E-state index in [0.29, 0.717) is 19.1 Å². The van der Waals surface area contributed by atoms with Crippen LogP contribution in [0.15, 0.2) is 15.8 Å². The maximum atomic E-state index is 12.3. The van der Waals surface area contributed by atoms with E-state index in [9.17, 15) is 14.4 Å². The molecule has 0 saturated heterocycles. The molecule has 1 aromatic heterocycles. The van der Waals surface area contributed by atoms with Gasteiger partial charge in [-0.15, -0.1) is 0 Å². The van der Waals surface area contributed by atoms with Crippen molar-refractivity contribution in [2.45, 2.75) is 72.8 Å². The van der Waals surface area contributed by atoms with Crippen molar-refractivity contribution in [3.63, 3.8) is 0 Å². The van der Waals surface area contributed by atoms with Gasteiger partial charge in [0.2, 0.25) is 5.75 Å². The van der Waals surface area contributed by atoms with Crippen LogP contribution in [0, 0.1) is 11.3 Å². The maximum Gasteiger partial charge on any atom is 0.328 e. The van der Waals surface area contributed by atoms with Gasteiger partial charge in [0.05, 0.1) is 25.3 Å². The van der Waals surface area contributed by atoms with Crippen LogP contribution >= 0.6 is 0 Å². The fraction of sp³-hybridized carbons (Fsp3) is 0.750. The van der Waals surface area contributed by atoms with Gasteiger partial charge in [-0.2, -0.15) is 0 Å². The number of hydrogen-bond acceptors (Lipinski definition) is 5. The average molecular weight is 383 g/mol. The van der Waals surface area contributed by atoms with Gasteiger partial charge >= 0.3 is 11.7 Å². The average Bonchev–Trinajstić information content (AvgIpc) is 2.61. The number of methoxy groups -OCH3 is 1. The second kappa shape index (κ2) is 10.9. The molecule has 7 nitrogen and oxygen atoms in total. The molecular formula is C20H34N2O5. The van der Waals surface area contributed by atoms with Crippen LogP contribution in [-0.2, 0) is 16.1 Å². The number of nitrogens with zero attached hydrogens (tertiary/aromatic N) is 1. The lowest BCUT2D eigenvalue weighted by atomic mass is 9.80. The molecule has 0 spiro atoms. The van der Waals surface area contributed by atoms with Gasteiger partial charge in [-0.05, 0) is 44.9 Å². The molecule has 154 valence electrons. The van der Waals surface area contributed by atoms with Crippen LogP contribution < -0.4 is 16.0 Å². The van der Waals surface area contributed by atoms with Crippen LogP contribution in [0.25, 0.3) is 0 Å². The summed E-state index contributed by atoms with van der Waals surface area (Å²) in [5.41, 5.74) is -1.35. The Bertz CT molecular complexity index is 707. The third-order valence-corrected chi connectivity index (χ3v) is 4.86. The van der Waals surface area contributed by atoms with Gasteiger partial charge in [-0.1, -0.05) is 27.2 Å². The van der Waals surface area contributed by atoms with E-state index in [1.807, 2.05) is 13.8 Å². The number of aryl methyl sites for hydroxylation is 1. The van der Waals surface area contributed by atoms with Crippen LogP contribution in [0.2, 0.25) is 0 Å². The maximum absolute atomic E-state index is 12.3. The SMILES string of the molecule is CCC(C)(CC(C)C)C(=O)OCCCCCCn1cc(OC)c(=O)[nH]c1=O. The van der Waals surface area contributed by atoms with E-state index in [4.69, 9.17) is 9.47 Å². The van der Waals surface area contributed by atoms with E-state index >= 15 is 0 Å². The second-order valence-corrected chi connectivity index (χ2v) is 7.71. The van der Waals surface area contributed by atoms with Gasteiger partial charge in [-0.25, -0.2) is 4.79 Å². The molecule has 1 atom stereocenters. The van der Waals surface area contributed by atoms with E-state index in [-0.39, 0.29) is 11.7 Å². The minimum absolute atomic E-state index is 0.106. The lowest BCUT2D eigenvalue weighted by Crippen LogP contribution is -2.31. The van der Waals surface area contributed by atoms with Crippen molar-refractivity contribution >= 4 is 5.97 Å². The van der Waals surface area contributed by atoms with E-state index in [0.717, 1.165) is 38.5 Å². The molecule has 0 fully saturated rings. The highest BCUT2D eigenvalue weighted by molar-refractivity contribution is 5.76. The van der Waals surface area contributed by atoms with Crippen LogP contribution in [-0.4, -0.2) is 29.2 Å². The largest absolute Gasteiger partial charge is 0.490 e. The van der Waals surface area contributed by atoms with Gasteiger partial charge in [-0.3, -0.25) is 19.1 Å². The number of aromatic amines is 1. The van der Waals surface area contributed by atoms with Crippen LogP contribution in [0.5, 0.6) is 5.75 Å². The molecule has 27 heavy (non-hydrogen) atoms. The second-order valence-electron chi connectivity index (χ2n) is 7.71. The Morgan fingerprint density at radius 2 is 1.89 bits per heavy atom. The van der Waals surface area contributed by atoms with E-state index in [2.05, 4.69) is 18.8 Å². The number of carbonyl (C=O) groups is 1. The molecule has 1 aromatic rings. The molecule has 0 radical (unpaired) electrons. The number of H-pyrrole nitrogens is 1. The highest BCUT2D eigenvalue weighted by atomic mass is 16.5. The minimum atomic E-state index is -0.517. The van der Waals surface area contributed by atoms with Crippen molar-refractivity contribution < 1.29 is 14.3 Å². The van der Waals surface area contributed by atoms with E-state index < -0.39 is 16.7 Å². The smallest absolute Gasteiger partial charge is 0.328 e. The van der Waals surface area contributed by atoms with Gasteiger partial charge in [0.15, 0.2) is 0 Å². The van der Waals surface area contributed by atoms with Crippen LogP contribution in [0.3, 0.4) is 0 Å². The number of aromatic nitrogens is 2. The molecule has 0 saturated carbocycles. The van der Waals surface area contributed by atoms with Gasteiger partial charge < -0.3 is 9.47 Å². The lowest BCUT2D eigenvalue weighted by molar-refractivity contribution is -0.156. The molecular weight excluding hydrogens is 348 g/mol. The normalized spacial score (nSPS) is 13.4. The molecule has 0 amide bonds. The molecule has 1 unspecified atom stereocenters. The molecule has 0 aliphatic rings. The van der Waals surface area contributed by atoms with Crippen molar-refractivity contribution in [1.82, 2.24) is 9.55 Å². The Morgan fingerprint density at radius 1 is 1.22 bits per heavy atom. The number of esters is 1. The molecule has 1 N–H and O–H groups in total. The van der Waals surface area contributed by atoms with Crippen LogP contribution in [0.4, 0.5) is 0 Å². The third kappa shape index (κ3) is 7.23. The number of unbranched alkanes of at least 4 members (excludes halogenated alkanes) is 3. The van der Waals surface area contributed by atoms with Gasteiger partial charge in [0.1, 0.15) is 0 Å². The number of hydrogen-bond donors (Lipinski definition) is 1. The summed E-state index contributed by atoms with van der Waals surface area (Å²) < 4.78 is 11.9. The first-order valence-electron chi connectivity index (χ1n) is 9.78. The van der Waals surface area contributed by atoms with Crippen molar-refractivity contribution in [3.05, 3.63) is 27.0 Å². The third-order valence-electron chi connectivity index (χ3n) is 4.86. The highest BCUT2D eigenvalue weighted by Gasteiger charge is 2.33. The van der Waals surface area contributed by atoms with E-state index in [1.165, 1.54) is 17.9 Å². The summed E-state index contributed by atoms with van der Waals surface area (Å²) in [6, 6.07) is 0. The first kappa shape index (κ1) is 23.0. The Labute approximate surface area is 161 Å². The fourth-order valence-electron chi connectivity index (χ4n) is 3.15. The van der Waals surface area contributed by atoms with Crippen molar-refractivity contribution in [2.75, 3.05) is 13.7 Å². The molecule has 0 aliphatic carbocycles. The molecule has 0 aliphatic heterocycles. The molecule has 0 aromatic carbocycles. The topological polar surface area (TPSA) is 90.4 Å². The van der Waals surface area contributed by atoms with Crippen molar-refractivity contribution in [3.8, 4) is 5.75 Å². The number of nitrogens with one attached hydrogen (secondary N) is 1. The number of carbonyl (C=O) groups excluding carboxylic acids is 1. The predicted octanol–water partition coefficient (Wildman–Crippen LogP) is 3.11. The zero-order chi connectivity index (χ0) is 20.4. The molecule has 1 heterocycles. The van der Waals surface area contributed by atoms with E-state index in [1.54, 1.807) is 0 Å². The van der Waals surface area contributed by atoms with Crippen molar-refractivity contribution in [2.24, 2.45) is 11.3 Å². The van der Waals surface area contributed by atoms with Gasteiger partial charge in [0, 0.05) is 6.54 Å². The zero-order valence-corrected chi connectivity index (χ0v) is 17.3. The summed E-state index contributed by atoms with van der Waals surface area (Å²) in [5.74, 6) is 0.477. The first-order valence-corrected chi connectivity index (χ1v) is 9.78. The number of rotatable bonds is 12. The summed E-state index contributed by atoms with van der Waals surface area (Å²) >= 11 is 0. The Balaban J connectivity index is 2.31. The Hall–Kier alpha value is -2.05. The summed E-state index contributed by atoms with van der Waals surface area (Å²) in [5, 5.41) is 0.